The van der Waals surface area contributed by atoms with E-state index in [1.54, 1.807) is 24.3 Å². The fraction of sp³-hybridized carbons (Fsp3) is 0.267. The van der Waals surface area contributed by atoms with Gasteiger partial charge in [-0.1, -0.05) is 17.3 Å². The molecule has 0 unspecified atom stereocenters. The monoisotopic (exact) mass is 332 g/mol. The van der Waals surface area contributed by atoms with Crippen LogP contribution in [0.3, 0.4) is 0 Å². The fourth-order valence-corrected chi connectivity index (χ4v) is 1.95. The molecule has 2 aromatic rings. The number of para-hydroxylation sites is 2. The second-order valence-corrected chi connectivity index (χ2v) is 4.81. The van der Waals surface area contributed by atoms with Crippen molar-refractivity contribution in [1.29, 1.82) is 0 Å². The lowest BCUT2D eigenvalue weighted by atomic mass is 10.1. The summed E-state index contributed by atoms with van der Waals surface area (Å²) in [5.74, 6) is -1.46. The Bertz CT molecular complexity index is 843. The van der Waals surface area contributed by atoms with Crippen LogP contribution >= 0.6 is 0 Å². The van der Waals surface area contributed by atoms with Gasteiger partial charge in [-0.2, -0.15) is 0 Å². The van der Waals surface area contributed by atoms with Crippen molar-refractivity contribution in [2.45, 2.75) is 12.8 Å². The van der Waals surface area contributed by atoms with Gasteiger partial charge in [0.2, 0.25) is 12.5 Å². The van der Waals surface area contributed by atoms with Gasteiger partial charge in [0, 0.05) is 19.9 Å². The summed E-state index contributed by atoms with van der Waals surface area (Å²) in [6.45, 7) is -0.658. The number of carbonyl (C=O) groups is 2. The summed E-state index contributed by atoms with van der Waals surface area (Å²) in [4.78, 5) is 45.8. The maximum Gasteiger partial charge on any atom is 0.344 e. The van der Waals surface area contributed by atoms with Gasteiger partial charge in [-0.25, -0.2) is 9.78 Å². The smallest absolute Gasteiger partial charge is 0.344 e. The number of carboxylic acid groups (broad SMARTS) is 1. The lowest BCUT2D eigenvalue weighted by Gasteiger charge is -2.06. The Kier molecular flexibility index (Phi) is 5.61. The zero-order valence-electron chi connectivity index (χ0n) is 12.9. The van der Waals surface area contributed by atoms with Crippen molar-refractivity contribution in [2.24, 2.45) is 5.16 Å². The average molecular weight is 332 g/mol. The van der Waals surface area contributed by atoms with Crippen molar-refractivity contribution in [3.8, 4) is 0 Å². The zero-order valence-corrected chi connectivity index (χ0v) is 12.9. The minimum absolute atomic E-state index is 0.0111. The van der Waals surface area contributed by atoms with Crippen molar-refractivity contribution in [2.75, 3.05) is 13.7 Å². The molecule has 3 N–H and O–H groups in total. The van der Waals surface area contributed by atoms with Gasteiger partial charge in [0.1, 0.15) is 5.71 Å². The number of benzene rings is 1. The zero-order chi connectivity index (χ0) is 17.5. The molecular formula is C15H16N4O5. The molecule has 0 atom stereocenters. The summed E-state index contributed by atoms with van der Waals surface area (Å²) < 4.78 is 0. The number of fused-ring (bicyclic) bond motifs is 1. The lowest BCUT2D eigenvalue weighted by Crippen LogP contribution is -2.24. The highest BCUT2D eigenvalue weighted by atomic mass is 16.6. The summed E-state index contributed by atoms with van der Waals surface area (Å²) in [5, 5.41) is 14.7. The molecule has 1 aromatic carbocycles. The molecule has 9 heteroatoms. The predicted octanol–water partition coefficient (Wildman–Crippen LogP) is 0.255. The molecule has 24 heavy (non-hydrogen) atoms. The molecule has 0 saturated carbocycles. The molecule has 0 spiro atoms. The number of aromatic nitrogens is 2. The second kappa shape index (κ2) is 7.86. The van der Waals surface area contributed by atoms with Gasteiger partial charge in [0.15, 0.2) is 5.69 Å². The quantitative estimate of drug-likeness (QED) is 0.492. The molecule has 0 aliphatic carbocycles. The first-order chi connectivity index (χ1) is 11.5. The molecule has 0 fully saturated rings. The van der Waals surface area contributed by atoms with E-state index in [1.807, 2.05) is 0 Å². The van der Waals surface area contributed by atoms with E-state index in [0.717, 1.165) is 0 Å². The van der Waals surface area contributed by atoms with Gasteiger partial charge in [-0.05, 0) is 12.1 Å². The van der Waals surface area contributed by atoms with Gasteiger partial charge in [-0.3, -0.25) is 9.59 Å². The van der Waals surface area contributed by atoms with Crippen molar-refractivity contribution < 1.29 is 19.5 Å². The molecule has 0 radical (unpaired) electrons. The second-order valence-electron chi connectivity index (χ2n) is 4.81. The number of amides is 1. The van der Waals surface area contributed by atoms with E-state index in [2.05, 4.69) is 20.4 Å². The van der Waals surface area contributed by atoms with Crippen LogP contribution in [-0.2, 0) is 14.4 Å². The predicted molar refractivity (Wildman–Crippen MR) is 85.8 cm³/mol. The third-order valence-electron chi connectivity index (χ3n) is 3.10. The van der Waals surface area contributed by atoms with Crippen LogP contribution in [0.15, 0.2) is 34.2 Å². The Labute approximate surface area is 136 Å². The minimum atomic E-state index is -1.20. The number of aromatic amines is 1. The summed E-state index contributed by atoms with van der Waals surface area (Å²) in [7, 11) is 1.49. The number of carboxylic acids is 1. The van der Waals surface area contributed by atoms with Crippen molar-refractivity contribution in [3.63, 3.8) is 0 Å². The standard InChI is InChI=1S/C15H16N4O5/c1-16-12(20)7-6-11(19-24-8-13(21)22)14-15(23)18-10-5-3-2-4-9(10)17-14/h2-5H,6-8H2,1H3,(H,16,20)(H,18,23)(H,21,22)/b19-11+. The Morgan fingerprint density at radius 3 is 2.79 bits per heavy atom. The van der Waals surface area contributed by atoms with E-state index in [0.29, 0.717) is 11.0 Å². The van der Waals surface area contributed by atoms with Crippen LogP contribution in [0.4, 0.5) is 0 Å². The number of nitrogens with one attached hydrogen (secondary N) is 2. The molecule has 0 saturated heterocycles. The number of oxime groups is 1. The Morgan fingerprint density at radius 2 is 2.08 bits per heavy atom. The molecule has 0 bridgehead atoms. The maximum atomic E-state index is 12.2. The highest BCUT2D eigenvalue weighted by Crippen LogP contribution is 2.08. The molecule has 126 valence electrons. The summed E-state index contributed by atoms with van der Waals surface area (Å²) in [6, 6.07) is 6.94. The number of carbonyl (C=O) groups excluding carboxylic acids is 1. The number of hydrogen-bond donors (Lipinski definition) is 3. The molecule has 1 amide bonds. The molecule has 1 heterocycles. The number of aliphatic carboxylic acids is 1. The average Bonchev–Trinajstić information content (AvgIpc) is 2.56. The van der Waals surface area contributed by atoms with Crippen LogP contribution in [0.2, 0.25) is 0 Å². The molecule has 0 aliphatic heterocycles. The third kappa shape index (κ3) is 4.38. The highest BCUT2D eigenvalue weighted by molar-refractivity contribution is 6.01. The largest absolute Gasteiger partial charge is 0.479 e. The Hall–Kier alpha value is -3.23. The fourth-order valence-electron chi connectivity index (χ4n) is 1.95. The van der Waals surface area contributed by atoms with E-state index >= 15 is 0 Å². The van der Waals surface area contributed by atoms with Gasteiger partial charge in [0.05, 0.1) is 11.0 Å². The van der Waals surface area contributed by atoms with Crippen LogP contribution in [0.5, 0.6) is 0 Å². The van der Waals surface area contributed by atoms with Gasteiger partial charge < -0.3 is 20.2 Å². The van der Waals surface area contributed by atoms with Gasteiger partial charge >= 0.3 is 5.97 Å². The van der Waals surface area contributed by atoms with E-state index in [9.17, 15) is 14.4 Å². The first-order valence-electron chi connectivity index (χ1n) is 7.12. The Balaban J connectivity index is 2.37. The molecule has 1 aromatic heterocycles. The number of H-pyrrole nitrogens is 1. The van der Waals surface area contributed by atoms with E-state index in [-0.39, 0.29) is 30.2 Å². The normalized spacial score (nSPS) is 11.3. The maximum absolute atomic E-state index is 12.2. The number of rotatable bonds is 7. The van der Waals surface area contributed by atoms with E-state index in [4.69, 9.17) is 9.94 Å². The summed E-state index contributed by atoms with van der Waals surface area (Å²) in [5.41, 5.74) is 0.694. The lowest BCUT2D eigenvalue weighted by molar-refractivity contribution is -0.142. The van der Waals surface area contributed by atoms with Gasteiger partial charge in [-0.15, -0.1) is 0 Å². The van der Waals surface area contributed by atoms with Crippen LogP contribution in [0.1, 0.15) is 18.5 Å². The Morgan fingerprint density at radius 1 is 1.33 bits per heavy atom. The number of nitrogens with zero attached hydrogens (tertiary/aromatic N) is 2. The van der Waals surface area contributed by atoms with Crippen LogP contribution < -0.4 is 10.9 Å². The highest BCUT2D eigenvalue weighted by Gasteiger charge is 2.15. The van der Waals surface area contributed by atoms with Gasteiger partial charge in [0.25, 0.3) is 5.56 Å². The first kappa shape index (κ1) is 17.1. The molecule has 0 aliphatic rings. The number of hydrogen-bond acceptors (Lipinski definition) is 6. The topological polar surface area (TPSA) is 134 Å². The first-order valence-corrected chi connectivity index (χ1v) is 7.12. The van der Waals surface area contributed by atoms with Crippen LogP contribution in [0, 0.1) is 0 Å². The van der Waals surface area contributed by atoms with Crippen molar-refractivity contribution >= 4 is 28.6 Å². The van der Waals surface area contributed by atoms with Crippen molar-refractivity contribution in [1.82, 2.24) is 15.3 Å². The van der Waals surface area contributed by atoms with Crippen molar-refractivity contribution in [3.05, 3.63) is 40.3 Å². The third-order valence-corrected chi connectivity index (χ3v) is 3.10. The van der Waals surface area contributed by atoms with E-state index < -0.39 is 18.1 Å². The van der Waals surface area contributed by atoms with Crippen LogP contribution in [-0.4, -0.2) is 46.3 Å². The molecule has 9 nitrogen and oxygen atoms in total. The molecule has 2 rings (SSSR count). The minimum Gasteiger partial charge on any atom is -0.479 e. The molecular weight excluding hydrogens is 316 g/mol. The van der Waals surface area contributed by atoms with Crippen LogP contribution in [0.25, 0.3) is 11.0 Å². The summed E-state index contributed by atoms with van der Waals surface area (Å²) >= 11 is 0. The summed E-state index contributed by atoms with van der Waals surface area (Å²) in [6.07, 6.45) is 0.132. The van der Waals surface area contributed by atoms with E-state index in [1.165, 1.54) is 7.05 Å². The SMILES string of the molecule is CNC(=O)CC/C(=N\OCC(=O)O)c1nc2ccccc2[nH]c1=O.